The molecular formula is C16H17FN2O3. The van der Waals surface area contributed by atoms with E-state index in [1.54, 1.807) is 23.1 Å². The van der Waals surface area contributed by atoms with Gasteiger partial charge in [-0.1, -0.05) is 6.07 Å². The number of pyridine rings is 1. The molecule has 0 saturated carbocycles. The van der Waals surface area contributed by atoms with Gasteiger partial charge in [-0.3, -0.25) is 9.78 Å². The van der Waals surface area contributed by atoms with E-state index in [0.717, 1.165) is 0 Å². The van der Waals surface area contributed by atoms with E-state index < -0.39 is 5.82 Å². The highest BCUT2D eigenvalue weighted by Crippen LogP contribution is 2.26. The van der Waals surface area contributed by atoms with E-state index in [2.05, 4.69) is 4.98 Å². The van der Waals surface area contributed by atoms with Crippen LogP contribution in [-0.4, -0.2) is 46.7 Å². The Bertz CT molecular complexity index is 679. The number of benzene rings is 1. The van der Waals surface area contributed by atoms with E-state index >= 15 is 0 Å². The van der Waals surface area contributed by atoms with Crippen molar-refractivity contribution in [3.63, 3.8) is 0 Å². The number of halogens is 1. The number of nitrogens with zero attached hydrogens (tertiary/aromatic N) is 2. The molecule has 1 aliphatic heterocycles. The molecule has 1 aromatic heterocycles. The summed E-state index contributed by atoms with van der Waals surface area (Å²) in [6, 6.07) is 6.17. The Morgan fingerprint density at radius 2 is 2.14 bits per heavy atom. The average Bonchev–Trinajstić information content (AvgIpc) is 2.53. The Kier molecular flexibility index (Phi) is 4.20. The second-order valence-corrected chi connectivity index (χ2v) is 5.34. The van der Waals surface area contributed by atoms with E-state index in [0.29, 0.717) is 37.2 Å². The number of likely N-dealkylation sites (tertiary alicyclic amines) is 1. The normalized spacial score (nSPS) is 16.0. The number of piperidine rings is 1. The largest absolute Gasteiger partial charge is 0.483 e. The van der Waals surface area contributed by atoms with Crippen molar-refractivity contribution in [2.75, 3.05) is 19.7 Å². The van der Waals surface area contributed by atoms with Crippen LogP contribution in [0.15, 0.2) is 30.5 Å². The van der Waals surface area contributed by atoms with Gasteiger partial charge < -0.3 is 14.7 Å². The van der Waals surface area contributed by atoms with E-state index in [9.17, 15) is 14.3 Å². The lowest BCUT2D eigenvalue weighted by molar-refractivity contribution is -0.135. The van der Waals surface area contributed by atoms with Crippen molar-refractivity contribution in [2.24, 2.45) is 0 Å². The molecule has 22 heavy (non-hydrogen) atoms. The first kappa shape index (κ1) is 14.7. The lowest BCUT2D eigenvalue weighted by Crippen LogP contribution is -2.42. The van der Waals surface area contributed by atoms with Crippen molar-refractivity contribution in [1.29, 1.82) is 0 Å². The van der Waals surface area contributed by atoms with E-state index in [4.69, 9.17) is 4.74 Å². The third kappa shape index (κ3) is 3.01. The molecular weight excluding hydrogens is 287 g/mol. The smallest absolute Gasteiger partial charge is 0.260 e. The summed E-state index contributed by atoms with van der Waals surface area (Å²) < 4.78 is 19.4. The van der Waals surface area contributed by atoms with E-state index in [1.165, 1.54) is 12.3 Å². The summed E-state index contributed by atoms with van der Waals surface area (Å²) >= 11 is 0. The summed E-state index contributed by atoms with van der Waals surface area (Å²) in [7, 11) is 0. The second-order valence-electron chi connectivity index (χ2n) is 5.34. The van der Waals surface area contributed by atoms with Crippen LogP contribution < -0.4 is 4.74 Å². The van der Waals surface area contributed by atoms with Gasteiger partial charge in [0.15, 0.2) is 6.61 Å². The first-order chi connectivity index (χ1) is 10.6. The number of aliphatic hydroxyl groups excluding tert-OH is 1. The average molecular weight is 304 g/mol. The summed E-state index contributed by atoms with van der Waals surface area (Å²) in [5.41, 5.74) is 0.492. The molecule has 2 heterocycles. The molecule has 0 spiro atoms. The van der Waals surface area contributed by atoms with Crippen molar-refractivity contribution in [2.45, 2.75) is 18.9 Å². The van der Waals surface area contributed by atoms with Crippen molar-refractivity contribution in [1.82, 2.24) is 9.88 Å². The van der Waals surface area contributed by atoms with Gasteiger partial charge in [0, 0.05) is 19.3 Å². The highest BCUT2D eigenvalue weighted by Gasteiger charge is 2.21. The maximum atomic E-state index is 13.9. The Hall–Kier alpha value is -2.21. The van der Waals surface area contributed by atoms with Gasteiger partial charge in [-0.15, -0.1) is 0 Å². The maximum Gasteiger partial charge on any atom is 0.260 e. The molecule has 0 aliphatic carbocycles. The molecule has 1 aliphatic rings. The Balaban J connectivity index is 1.70. The highest BCUT2D eigenvalue weighted by atomic mass is 19.1. The van der Waals surface area contributed by atoms with Crippen LogP contribution in [0.4, 0.5) is 4.39 Å². The molecule has 0 bridgehead atoms. The minimum Gasteiger partial charge on any atom is -0.483 e. The molecule has 5 nitrogen and oxygen atoms in total. The fourth-order valence-electron chi connectivity index (χ4n) is 2.60. The van der Waals surface area contributed by atoms with Gasteiger partial charge >= 0.3 is 0 Å². The Morgan fingerprint density at radius 1 is 1.36 bits per heavy atom. The van der Waals surface area contributed by atoms with Crippen LogP contribution in [0.2, 0.25) is 0 Å². The molecule has 0 unspecified atom stereocenters. The molecule has 3 rings (SSSR count). The predicted octanol–water partition coefficient (Wildman–Crippen LogP) is 1.74. The number of hydrogen-bond donors (Lipinski definition) is 1. The third-order valence-corrected chi connectivity index (χ3v) is 3.85. The molecule has 1 N–H and O–H groups in total. The van der Waals surface area contributed by atoms with Crippen LogP contribution in [0.25, 0.3) is 10.9 Å². The maximum absolute atomic E-state index is 13.9. The van der Waals surface area contributed by atoms with Gasteiger partial charge in [0.05, 0.1) is 17.0 Å². The monoisotopic (exact) mass is 304 g/mol. The van der Waals surface area contributed by atoms with Crippen LogP contribution >= 0.6 is 0 Å². The van der Waals surface area contributed by atoms with Gasteiger partial charge in [0.2, 0.25) is 0 Å². The Labute approximate surface area is 127 Å². The number of ether oxygens (including phenoxy) is 1. The van der Waals surface area contributed by atoms with Crippen molar-refractivity contribution >= 4 is 16.8 Å². The molecule has 1 aromatic carbocycles. The van der Waals surface area contributed by atoms with Crippen LogP contribution in [0, 0.1) is 5.82 Å². The van der Waals surface area contributed by atoms with E-state index in [1.807, 2.05) is 0 Å². The van der Waals surface area contributed by atoms with Crippen molar-refractivity contribution < 1.29 is 19.0 Å². The highest BCUT2D eigenvalue weighted by molar-refractivity contribution is 5.86. The zero-order chi connectivity index (χ0) is 15.5. The number of carbonyl (C=O) groups excluding carboxylic acids is 1. The zero-order valence-electron chi connectivity index (χ0n) is 12.0. The zero-order valence-corrected chi connectivity index (χ0v) is 12.0. The molecule has 1 fully saturated rings. The number of aliphatic hydroxyl groups is 1. The van der Waals surface area contributed by atoms with Crippen LogP contribution in [-0.2, 0) is 4.79 Å². The molecule has 2 aromatic rings. The van der Waals surface area contributed by atoms with Gasteiger partial charge in [-0.2, -0.15) is 0 Å². The quantitative estimate of drug-likeness (QED) is 0.938. The van der Waals surface area contributed by atoms with Crippen molar-refractivity contribution in [3.05, 3.63) is 36.3 Å². The molecule has 6 heteroatoms. The van der Waals surface area contributed by atoms with Gasteiger partial charge in [0.25, 0.3) is 5.91 Å². The molecule has 116 valence electrons. The fourth-order valence-corrected chi connectivity index (χ4v) is 2.60. The molecule has 0 radical (unpaired) electrons. The topological polar surface area (TPSA) is 62.7 Å². The summed E-state index contributed by atoms with van der Waals surface area (Å²) in [5, 5.41) is 9.73. The number of hydrogen-bond acceptors (Lipinski definition) is 4. The summed E-state index contributed by atoms with van der Waals surface area (Å²) in [4.78, 5) is 17.9. The number of rotatable bonds is 3. The summed E-state index contributed by atoms with van der Waals surface area (Å²) in [6.07, 6.45) is 2.36. The Morgan fingerprint density at radius 3 is 2.91 bits per heavy atom. The summed E-state index contributed by atoms with van der Waals surface area (Å²) in [5.74, 6) is -0.268. The number of amides is 1. The minimum atomic E-state index is -0.422. The number of fused-ring (bicyclic) bond motifs is 1. The van der Waals surface area contributed by atoms with Crippen molar-refractivity contribution in [3.8, 4) is 5.75 Å². The second kappa shape index (κ2) is 6.27. The fraction of sp³-hybridized carbons (Fsp3) is 0.375. The van der Waals surface area contributed by atoms with Crippen LogP contribution in [0.3, 0.4) is 0 Å². The third-order valence-electron chi connectivity index (χ3n) is 3.85. The molecule has 1 amide bonds. The molecule has 0 atom stereocenters. The summed E-state index contributed by atoms with van der Waals surface area (Å²) in [6.45, 7) is 0.896. The molecule has 1 saturated heterocycles. The first-order valence-electron chi connectivity index (χ1n) is 7.27. The number of aromatic nitrogens is 1. The van der Waals surface area contributed by atoms with Gasteiger partial charge in [0.1, 0.15) is 11.6 Å². The van der Waals surface area contributed by atoms with Gasteiger partial charge in [-0.05, 0) is 31.0 Å². The minimum absolute atomic E-state index is 0.149. The standard InChI is InChI=1S/C16H17FN2O3/c17-12-2-1-3-13-16(12)14(4-7-18-13)22-10-15(21)19-8-5-11(20)6-9-19/h1-4,7,11,20H,5-6,8-10H2. The van der Waals surface area contributed by atoms with Crippen LogP contribution in [0.1, 0.15) is 12.8 Å². The predicted molar refractivity (Wildman–Crippen MR) is 79.0 cm³/mol. The number of carbonyl (C=O) groups is 1. The van der Waals surface area contributed by atoms with E-state index in [-0.39, 0.29) is 24.0 Å². The van der Waals surface area contributed by atoms with Gasteiger partial charge in [-0.25, -0.2) is 4.39 Å². The van der Waals surface area contributed by atoms with Crippen LogP contribution in [0.5, 0.6) is 5.75 Å². The first-order valence-corrected chi connectivity index (χ1v) is 7.27. The lowest BCUT2D eigenvalue weighted by atomic mass is 10.1. The lowest BCUT2D eigenvalue weighted by Gasteiger charge is -2.29. The SMILES string of the molecule is O=C(COc1ccnc2cccc(F)c12)N1CCC(O)CC1.